The van der Waals surface area contributed by atoms with Crippen LogP contribution in [0.25, 0.3) is 11.4 Å². The molecule has 5 nitrogen and oxygen atoms in total. The molecule has 1 N–H and O–H groups in total. The van der Waals surface area contributed by atoms with E-state index in [1.54, 1.807) is 7.11 Å². The lowest BCUT2D eigenvalue weighted by atomic mass is 10.1. The number of ether oxygens (including phenoxy) is 1. The van der Waals surface area contributed by atoms with Crippen LogP contribution in [0.15, 0.2) is 28.8 Å². The average molecular weight is 261 g/mol. The Balaban J connectivity index is 2.15. The van der Waals surface area contributed by atoms with Gasteiger partial charge in [0.2, 0.25) is 11.7 Å². The summed E-state index contributed by atoms with van der Waals surface area (Å²) in [6, 6.07) is 7.99. The Labute approximate surface area is 113 Å². The molecule has 2 aromatic rings. The quantitative estimate of drug-likeness (QED) is 0.864. The Morgan fingerprint density at radius 3 is 2.95 bits per heavy atom. The van der Waals surface area contributed by atoms with Gasteiger partial charge in [-0.05, 0) is 25.6 Å². The Bertz CT molecular complexity index is 521. The highest BCUT2D eigenvalue weighted by molar-refractivity contribution is 5.56. The largest absolute Gasteiger partial charge is 0.497 e. The van der Waals surface area contributed by atoms with Gasteiger partial charge in [0.05, 0.1) is 7.11 Å². The maximum Gasteiger partial charge on any atom is 0.228 e. The third-order valence-electron chi connectivity index (χ3n) is 3.12. The molecular weight excluding hydrogens is 242 g/mol. The maximum absolute atomic E-state index is 5.28. The highest BCUT2D eigenvalue weighted by atomic mass is 16.5. The summed E-state index contributed by atoms with van der Waals surface area (Å²) in [6.45, 7) is 2.13. The Morgan fingerprint density at radius 2 is 2.26 bits per heavy atom. The normalized spacial score (nSPS) is 12.4. The minimum atomic E-state index is 0.360. The van der Waals surface area contributed by atoms with Gasteiger partial charge in [0, 0.05) is 18.0 Å². The summed E-state index contributed by atoms with van der Waals surface area (Å²) >= 11 is 0. The minimum absolute atomic E-state index is 0.360. The monoisotopic (exact) mass is 261 g/mol. The summed E-state index contributed by atoms with van der Waals surface area (Å²) in [5.74, 6) is 2.03. The third-order valence-corrected chi connectivity index (χ3v) is 3.12. The summed E-state index contributed by atoms with van der Waals surface area (Å²) in [7, 11) is 3.58. The van der Waals surface area contributed by atoms with Crippen molar-refractivity contribution in [3.63, 3.8) is 0 Å². The first kappa shape index (κ1) is 13.5. The van der Waals surface area contributed by atoms with E-state index in [1.165, 1.54) is 0 Å². The summed E-state index contributed by atoms with van der Waals surface area (Å²) in [5, 5.41) is 7.23. The van der Waals surface area contributed by atoms with Crippen molar-refractivity contribution in [1.82, 2.24) is 15.5 Å². The van der Waals surface area contributed by atoms with Crippen molar-refractivity contribution >= 4 is 0 Å². The van der Waals surface area contributed by atoms with Crippen LogP contribution in [0.3, 0.4) is 0 Å². The van der Waals surface area contributed by atoms with Crippen LogP contribution in [-0.2, 0) is 6.42 Å². The van der Waals surface area contributed by atoms with Crippen molar-refractivity contribution in [2.45, 2.75) is 25.8 Å². The van der Waals surface area contributed by atoms with Gasteiger partial charge < -0.3 is 14.6 Å². The molecule has 0 bridgehead atoms. The van der Waals surface area contributed by atoms with Crippen LogP contribution >= 0.6 is 0 Å². The number of methoxy groups -OCH3 is 1. The molecule has 0 aliphatic rings. The van der Waals surface area contributed by atoms with Gasteiger partial charge in [-0.2, -0.15) is 4.98 Å². The average Bonchev–Trinajstić information content (AvgIpc) is 2.93. The number of hydrogen-bond donors (Lipinski definition) is 1. The van der Waals surface area contributed by atoms with Crippen LogP contribution in [0.5, 0.6) is 5.75 Å². The van der Waals surface area contributed by atoms with Crippen LogP contribution in [0, 0.1) is 0 Å². The number of likely N-dealkylation sites (N-methyl/N-ethyl adjacent to an activating group) is 1. The summed E-state index contributed by atoms with van der Waals surface area (Å²) in [6.07, 6.45) is 1.76. The van der Waals surface area contributed by atoms with Crippen LogP contribution in [0.4, 0.5) is 0 Å². The number of aromatic nitrogens is 2. The molecule has 1 unspecified atom stereocenters. The number of benzene rings is 1. The van der Waals surface area contributed by atoms with Crippen molar-refractivity contribution in [2.75, 3.05) is 14.2 Å². The first-order chi connectivity index (χ1) is 9.26. The van der Waals surface area contributed by atoms with Crippen LogP contribution in [0.2, 0.25) is 0 Å². The van der Waals surface area contributed by atoms with Crippen LogP contribution in [-0.4, -0.2) is 30.3 Å². The van der Waals surface area contributed by atoms with Gasteiger partial charge >= 0.3 is 0 Å². The summed E-state index contributed by atoms with van der Waals surface area (Å²) < 4.78 is 10.5. The topological polar surface area (TPSA) is 60.2 Å². The van der Waals surface area contributed by atoms with Crippen LogP contribution < -0.4 is 10.1 Å². The minimum Gasteiger partial charge on any atom is -0.497 e. The fourth-order valence-electron chi connectivity index (χ4n) is 1.88. The lowest BCUT2D eigenvalue weighted by Crippen LogP contribution is -2.26. The molecule has 102 valence electrons. The van der Waals surface area contributed by atoms with E-state index < -0.39 is 0 Å². The molecule has 5 heteroatoms. The second kappa shape index (κ2) is 6.33. The van der Waals surface area contributed by atoms with E-state index in [0.717, 1.165) is 24.2 Å². The van der Waals surface area contributed by atoms with Crippen LogP contribution in [0.1, 0.15) is 19.2 Å². The van der Waals surface area contributed by atoms with Gasteiger partial charge in [-0.3, -0.25) is 0 Å². The SMILES string of the molecule is CCC(Cc1nc(-c2cccc(OC)c2)no1)NC. The van der Waals surface area contributed by atoms with Crippen molar-refractivity contribution in [3.05, 3.63) is 30.2 Å². The Kier molecular flexibility index (Phi) is 4.52. The molecule has 0 saturated heterocycles. The molecule has 2 rings (SSSR count). The molecule has 0 aliphatic carbocycles. The van der Waals surface area contributed by atoms with E-state index in [1.807, 2.05) is 31.3 Å². The summed E-state index contributed by atoms with van der Waals surface area (Å²) in [5.41, 5.74) is 0.895. The number of nitrogens with zero attached hydrogens (tertiary/aromatic N) is 2. The predicted octanol–water partition coefficient (Wildman–Crippen LogP) is 2.29. The van der Waals surface area contributed by atoms with Crippen molar-refractivity contribution < 1.29 is 9.26 Å². The van der Waals surface area contributed by atoms with Gasteiger partial charge in [-0.15, -0.1) is 0 Å². The van der Waals surface area contributed by atoms with E-state index in [0.29, 0.717) is 17.8 Å². The van der Waals surface area contributed by atoms with E-state index in [9.17, 15) is 0 Å². The third kappa shape index (κ3) is 3.32. The Morgan fingerprint density at radius 1 is 1.42 bits per heavy atom. The molecule has 1 heterocycles. The van der Waals surface area contributed by atoms with Gasteiger partial charge in [-0.25, -0.2) is 0 Å². The van der Waals surface area contributed by atoms with E-state index >= 15 is 0 Å². The second-order valence-electron chi connectivity index (χ2n) is 4.34. The van der Waals surface area contributed by atoms with E-state index in [4.69, 9.17) is 9.26 Å². The first-order valence-corrected chi connectivity index (χ1v) is 6.41. The fraction of sp³-hybridized carbons (Fsp3) is 0.429. The van der Waals surface area contributed by atoms with Crippen molar-refractivity contribution in [2.24, 2.45) is 0 Å². The molecule has 1 aromatic carbocycles. The molecule has 0 saturated carbocycles. The second-order valence-corrected chi connectivity index (χ2v) is 4.34. The number of nitrogens with one attached hydrogen (secondary N) is 1. The standard InChI is InChI=1S/C14H19N3O2/c1-4-11(15-2)9-13-16-14(17-19-13)10-6-5-7-12(8-10)18-3/h5-8,11,15H,4,9H2,1-3H3. The van der Waals surface area contributed by atoms with Crippen molar-refractivity contribution in [1.29, 1.82) is 0 Å². The van der Waals surface area contributed by atoms with Crippen molar-refractivity contribution in [3.8, 4) is 17.1 Å². The molecule has 19 heavy (non-hydrogen) atoms. The zero-order valence-corrected chi connectivity index (χ0v) is 11.5. The lowest BCUT2D eigenvalue weighted by molar-refractivity contribution is 0.359. The highest BCUT2D eigenvalue weighted by Gasteiger charge is 2.13. The van der Waals surface area contributed by atoms with Gasteiger partial charge in [0.15, 0.2) is 0 Å². The molecule has 1 aromatic heterocycles. The molecule has 1 atom stereocenters. The molecule has 0 fully saturated rings. The number of hydrogen-bond acceptors (Lipinski definition) is 5. The molecule has 0 spiro atoms. The maximum atomic E-state index is 5.28. The predicted molar refractivity (Wildman–Crippen MR) is 73.1 cm³/mol. The van der Waals surface area contributed by atoms with E-state index in [2.05, 4.69) is 22.4 Å². The zero-order chi connectivity index (χ0) is 13.7. The smallest absolute Gasteiger partial charge is 0.228 e. The lowest BCUT2D eigenvalue weighted by Gasteiger charge is -2.09. The molecule has 0 radical (unpaired) electrons. The molecule has 0 aliphatic heterocycles. The van der Waals surface area contributed by atoms with E-state index in [-0.39, 0.29) is 0 Å². The molecular formula is C14H19N3O2. The number of rotatable bonds is 6. The summed E-state index contributed by atoms with van der Waals surface area (Å²) in [4.78, 5) is 4.42. The highest BCUT2D eigenvalue weighted by Crippen LogP contribution is 2.21. The fourth-order valence-corrected chi connectivity index (χ4v) is 1.88. The first-order valence-electron chi connectivity index (χ1n) is 6.41. The zero-order valence-electron chi connectivity index (χ0n) is 11.5. The van der Waals surface area contributed by atoms with Gasteiger partial charge in [0.1, 0.15) is 5.75 Å². The van der Waals surface area contributed by atoms with Gasteiger partial charge in [-0.1, -0.05) is 24.2 Å². The Hall–Kier alpha value is -1.88. The van der Waals surface area contributed by atoms with Gasteiger partial charge in [0.25, 0.3) is 0 Å². The molecule has 0 amide bonds.